The topological polar surface area (TPSA) is 9.23 Å². The number of ether oxygens (including phenoxy) is 1. The van der Waals surface area contributed by atoms with Crippen molar-refractivity contribution in [1.29, 1.82) is 0 Å². The van der Waals surface area contributed by atoms with Gasteiger partial charge in [-0.2, -0.15) is 0 Å². The van der Waals surface area contributed by atoms with E-state index in [1.807, 2.05) is 13.8 Å². The quantitative estimate of drug-likeness (QED) is 0.698. The normalized spacial score (nSPS) is 10.2. The number of benzene rings is 1. The first kappa shape index (κ1) is 10.0. The second kappa shape index (κ2) is 4.26. The van der Waals surface area contributed by atoms with Gasteiger partial charge in [-0.25, -0.2) is 4.39 Å². The maximum atomic E-state index is 13.3. The van der Waals surface area contributed by atoms with Crippen LogP contribution in [0.4, 0.5) is 4.39 Å². The molecule has 0 aliphatic rings. The third-order valence-electron chi connectivity index (χ3n) is 2.22. The van der Waals surface area contributed by atoms with Gasteiger partial charge in [-0.15, -0.1) is 0 Å². The zero-order valence-electron chi connectivity index (χ0n) is 8.36. The summed E-state index contributed by atoms with van der Waals surface area (Å²) in [6, 6.07) is 3.30. The maximum absolute atomic E-state index is 13.3. The highest BCUT2D eigenvalue weighted by Crippen LogP contribution is 2.27. The van der Waals surface area contributed by atoms with E-state index in [-0.39, 0.29) is 5.82 Å². The van der Waals surface area contributed by atoms with Crippen molar-refractivity contribution in [1.82, 2.24) is 0 Å². The third kappa shape index (κ3) is 1.82. The van der Waals surface area contributed by atoms with Crippen molar-refractivity contribution in [2.45, 2.75) is 26.7 Å². The van der Waals surface area contributed by atoms with Gasteiger partial charge in [0.15, 0.2) is 0 Å². The second-order valence-electron chi connectivity index (χ2n) is 2.93. The summed E-state index contributed by atoms with van der Waals surface area (Å²) in [6.45, 7) is 3.97. The van der Waals surface area contributed by atoms with E-state index in [1.165, 1.54) is 6.07 Å². The van der Waals surface area contributed by atoms with E-state index in [9.17, 15) is 4.39 Å². The van der Waals surface area contributed by atoms with Gasteiger partial charge in [-0.05, 0) is 24.5 Å². The molecule has 2 heteroatoms. The van der Waals surface area contributed by atoms with Crippen LogP contribution in [0.3, 0.4) is 0 Å². The van der Waals surface area contributed by atoms with Gasteiger partial charge in [0.2, 0.25) is 0 Å². The molecule has 0 fully saturated rings. The first-order chi connectivity index (χ1) is 6.24. The molecule has 1 aromatic rings. The van der Waals surface area contributed by atoms with E-state index in [0.29, 0.717) is 17.7 Å². The number of aryl methyl sites for hydroxylation is 1. The van der Waals surface area contributed by atoms with Gasteiger partial charge in [0.1, 0.15) is 11.6 Å². The maximum Gasteiger partial charge on any atom is 0.130 e. The van der Waals surface area contributed by atoms with E-state index in [2.05, 4.69) is 0 Å². The Balaban J connectivity index is 3.27. The largest absolute Gasteiger partial charge is 0.496 e. The Morgan fingerprint density at radius 3 is 2.38 bits per heavy atom. The Labute approximate surface area is 78.5 Å². The SMILES string of the molecule is CCc1ccc(F)c(CC)c1OC. The molecule has 1 aromatic carbocycles. The average Bonchev–Trinajstić information content (AvgIpc) is 2.17. The molecule has 13 heavy (non-hydrogen) atoms. The molecule has 72 valence electrons. The molecule has 0 amide bonds. The van der Waals surface area contributed by atoms with E-state index in [0.717, 1.165) is 12.0 Å². The fourth-order valence-electron chi connectivity index (χ4n) is 1.51. The highest BCUT2D eigenvalue weighted by atomic mass is 19.1. The Hall–Kier alpha value is -1.05. The number of hydrogen-bond acceptors (Lipinski definition) is 1. The molecule has 0 unspecified atom stereocenters. The molecular weight excluding hydrogens is 167 g/mol. The van der Waals surface area contributed by atoms with Gasteiger partial charge < -0.3 is 4.74 Å². The standard InChI is InChI=1S/C11H15FO/c1-4-8-6-7-10(12)9(5-2)11(8)13-3/h6-7H,4-5H2,1-3H3. The minimum atomic E-state index is -0.170. The molecule has 0 saturated heterocycles. The average molecular weight is 182 g/mol. The molecule has 0 aliphatic carbocycles. The van der Waals surface area contributed by atoms with Gasteiger partial charge >= 0.3 is 0 Å². The fraction of sp³-hybridized carbons (Fsp3) is 0.455. The molecule has 0 aliphatic heterocycles. The molecule has 1 rings (SSSR count). The van der Waals surface area contributed by atoms with Crippen molar-refractivity contribution < 1.29 is 9.13 Å². The second-order valence-corrected chi connectivity index (χ2v) is 2.93. The lowest BCUT2D eigenvalue weighted by Gasteiger charge is -2.11. The lowest BCUT2D eigenvalue weighted by Crippen LogP contribution is -1.98. The summed E-state index contributed by atoms with van der Waals surface area (Å²) < 4.78 is 18.5. The molecule has 0 bridgehead atoms. The van der Waals surface area contributed by atoms with E-state index >= 15 is 0 Å². The Morgan fingerprint density at radius 2 is 1.92 bits per heavy atom. The van der Waals surface area contributed by atoms with Gasteiger partial charge in [0.25, 0.3) is 0 Å². The molecule has 0 saturated carbocycles. The first-order valence-corrected chi connectivity index (χ1v) is 4.58. The van der Waals surface area contributed by atoms with Crippen LogP contribution < -0.4 is 4.74 Å². The van der Waals surface area contributed by atoms with Crippen LogP contribution in [-0.4, -0.2) is 7.11 Å². The Kier molecular flexibility index (Phi) is 3.29. The summed E-state index contributed by atoms with van der Waals surface area (Å²) in [7, 11) is 1.59. The van der Waals surface area contributed by atoms with E-state index in [4.69, 9.17) is 4.74 Å². The summed E-state index contributed by atoms with van der Waals surface area (Å²) in [6.07, 6.45) is 1.54. The lowest BCUT2D eigenvalue weighted by molar-refractivity contribution is 0.400. The van der Waals surface area contributed by atoms with Crippen molar-refractivity contribution in [2.24, 2.45) is 0 Å². The zero-order valence-corrected chi connectivity index (χ0v) is 8.36. The molecule has 0 heterocycles. The summed E-state index contributed by atoms with van der Waals surface area (Å²) in [5.41, 5.74) is 1.75. The highest BCUT2D eigenvalue weighted by molar-refractivity contribution is 5.42. The van der Waals surface area contributed by atoms with Crippen molar-refractivity contribution in [2.75, 3.05) is 7.11 Å². The molecule has 0 spiro atoms. The molecule has 0 N–H and O–H groups in total. The minimum absolute atomic E-state index is 0.170. The van der Waals surface area contributed by atoms with Gasteiger partial charge in [0, 0.05) is 5.56 Å². The molecular formula is C11H15FO. The highest BCUT2D eigenvalue weighted by Gasteiger charge is 2.10. The molecule has 0 aromatic heterocycles. The number of rotatable bonds is 3. The molecule has 0 radical (unpaired) electrons. The lowest BCUT2D eigenvalue weighted by atomic mass is 10.0. The van der Waals surface area contributed by atoms with Crippen LogP contribution in [0.2, 0.25) is 0 Å². The zero-order chi connectivity index (χ0) is 9.84. The first-order valence-electron chi connectivity index (χ1n) is 4.58. The van der Waals surface area contributed by atoms with Crippen LogP contribution in [0.1, 0.15) is 25.0 Å². The Bertz CT molecular complexity index is 294. The fourth-order valence-corrected chi connectivity index (χ4v) is 1.51. The summed E-state index contributed by atoms with van der Waals surface area (Å²) in [4.78, 5) is 0. The van der Waals surface area contributed by atoms with Gasteiger partial charge in [-0.1, -0.05) is 19.9 Å². The summed E-state index contributed by atoms with van der Waals surface area (Å²) in [5.74, 6) is 0.543. The Morgan fingerprint density at radius 1 is 1.23 bits per heavy atom. The van der Waals surface area contributed by atoms with Gasteiger partial charge in [-0.3, -0.25) is 0 Å². The predicted molar refractivity (Wildman–Crippen MR) is 51.7 cm³/mol. The predicted octanol–water partition coefficient (Wildman–Crippen LogP) is 2.96. The van der Waals surface area contributed by atoms with Crippen LogP contribution in [0, 0.1) is 5.82 Å². The number of hydrogen-bond donors (Lipinski definition) is 0. The number of methoxy groups -OCH3 is 1. The van der Waals surface area contributed by atoms with Crippen molar-refractivity contribution in [3.05, 3.63) is 29.1 Å². The monoisotopic (exact) mass is 182 g/mol. The van der Waals surface area contributed by atoms with Crippen LogP contribution in [-0.2, 0) is 12.8 Å². The minimum Gasteiger partial charge on any atom is -0.496 e. The van der Waals surface area contributed by atoms with Crippen LogP contribution in [0.25, 0.3) is 0 Å². The van der Waals surface area contributed by atoms with E-state index in [1.54, 1.807) is 13.2 Å². The van der Waals surface area contributed by atoms with Crippen molar-refractivity contribution >= 4 is 0 Å². The van der Waals surface area contributed by atoms with E-state index < -0.39 is 0 Å². The van der Waals surface area contributed by atoms with Crippen LogP contribution in [0.5, 0.6) is 5.75 Å². The summed E-state index contributed by atoms with van der Waals surface area (Å²) >= 11 is 0. The van der Waals surface area contributed by atoms with Crippen LogP contribution >= 0.6 is 0 Å². The van der Waals surface area contributed by atoms with Crippen molar-refractivity contribution in [3.8, 4) is 5.75 Å². The summed E-state index contributed by atoms with van der Waals surface area (Å²) in [5, 5.41) is 0. The molecule has 1 nitrogen and oxygen atoms in total. The molecule has 0 atom stereocenters. The number of halogens is 1. The smallest absolute Gasteiger partial charge is 0.130 e. The van der Waals surface area contributed by atoms with Crippen molar-refractivity contribution in [3.63, 3.8) is 0 Å². The third-order valence-corrected chi connectivity index (χ3v) is 2.22. The van der Waals surface area contributed by atoms with Gasteiger partial charge in [0.05, 0.1) is 7.11 Å². The van der Waals surface area contributed by atoms with Crippen LogP contribution in [0.15, 0.2) is 12.1 Å².